The van der Waals surface area contributed by atoms with E-state index in [2.05, 4.69) is 56.0 Å². The van der Waals surface area contributed by atoms with Gasteiger partial charge in [0.15, 0.2) is 0 Å². The number of aliphatic hydroxyl groups is 1. The molecule has 0 unspecified atom stereocenters. The predicted molar refractivity (Wildman–Crippen MR) is 90.5 cm³/mol. The standard InChI is InChI=1S/C19H20OS/c1-15-6-11-19(13-16(15)2)21-14-18-9-7-17(8-10-18)5-3-4-12-20/h6-11,13,20H,4,12,14H2,1-2H3. The number of aliphatic hydroxyl groups excluding tert-OH is 1. The molecule has 2 rings (SSSR count). The molecule has 0 saturated heterocycles. The van der Waals surface area contributed by atoms with Crippen molar-refractivity contribution in [2.24, 2.45) is 0 Å². The first-order valence-corrected chi connectivity index (χ1v) is 8.06. The number of benzene rings is 2. The zero-order valence-corrected chi connectivity index (χ0v) is 13.3. The molecule has 0 heterocycles. The van der Waals surface area contributed by atoms with E-state index in [1.165, 1.54) is 21.6 Å². The summed E-state index contributed by atoms with van der Waals surface area (Å²) >= 11 is 1.85. The van der Waals surface area contributed by atoms with Crippen molar-refractivity contribution in [3.63, 3.8) is 0 Å². The van der Waals surface area contributed by atoms with Crippen LogP contribution in [0.2, 0.25) is 0 Å². The van der Waals surface area contributed by atoms with Crippen LogP contribution in [0, 0.1) is 25.7 Å². The first-order valence-electron chi connectivity index (χ1n) is 7.08. The lowest BCUT2D eigenvalue weighted by molar-refractivity contribution is 0.305. The van der Waals surface area contributed by atoms with Gasteiger partial charge in [-0.1, -0.05) is 30.0 Å². The molecule has 2 heteroatoms. The van der Waals surface area contributed by atoms with Gasteiger partial charge in [0, 0.05) is 22.6 Å². The molecule has 0 amide bonds. The van der Waals surface area contributed by atoms with Gasteiger partial charge in [-0.25, -0.2) is 0 Å². The molecule has 2 aromatic rings. The Morgan fingerprint density at radius 2 is 1.76 bits per heavy atom. The lowest BCUT2D eigenvalue weighted by atomic mass is 10.1. The van der Waals surface area contributed by atoms with E-state index in [1.54, 1.807) is 0 Å². The first kappa shape index (κ1) is 15.7. The second-order valence-corrected chi connectivity index (χ2v) is 6.06. The van der Waals surface area contributed by atoms with Gasteiger partial charge in [0.25, 0.3) is 0 Å². The van der Waals surface area contributed by atoms with Crippen LogP contribution in [0.4, 0.5) is 0 Å². The SMILES string of the molecule is Cc1ccc(SCc2ccc(C#CCCO)cc2)cc1C. The van der Waals surface area contributed by atoms with Crippen LogP contribution < -0.4 is 0 Å². The fourth-order valence-electron chi connectivity index (χ4n) is 1.88. The Balaban J connectivity index is 1.94. The Morgan fingerprint density at radius 3 is 2.43 bits per heavy atom. The van der Waals surface area contributed by atoms with Crippen LogP contribution in [-0.4, -0.2) is 11.7 Å². The Bertz CT molecular complexity index is 648. The summed E-state index contributed by atoms with van der Waals surface area (Å²) in [5, 5.41) is 8.70. The van der Waals surface area contributed by atoms with Crippen molar-refractivity contribution in [1.29, 1.82) is 0 Å². The Kier molecular flexibility index (Phi) is 5.92. The van der Waals surface area contributed by atoms with Gasteiger partial charge in [-0.05, 0) is 54.8 Å². The highest BCUT2D eigenvalue weighted by molar-refractivity contribution is 7.98. The molecular weight excluding hydrogens is 276 g/mol. The molecule has 0 fully saturated rings. The largest absolute Gasteiger partial charge is 0.395 e. The van der Waals surface area contributed by atoms with Crippen molar-refractivity contribution in [2.75, 3.05) is 6.61 Å². The summed E-state index contributed by atoms with van der Waals surface area (Å²) in [6.07, 6.45) is 0.532. The summed E-state index contributed by atoms with van der Waals surface area (Å²) in [6, 6.07) is 14.9. The molecule has 0 bridgehead atoms. The Morgan fingerprint density at radius 1 is 1.00 bits per heavy atom. The highest BCUT2D eigenvalue weighted by Crippen LogP contribution is 2.24. The van der Waals surface area contributed by atoms with E-state index in [0.717, 1.165) is 11.3 Å². The van der Waals surface area contributed by atoms with Crippen LogP contribution in [0.1, 0.15) is 28.7 Å². The minimum atomic E-state index is 0.123. The van der Waals surface area contributed by atoms with Gasteiger partial charge in [-0.15, -0.1) is 11.8 Å². The minimum Gasteiger partial charge on any atom is -0.395 e. The molecule has 1 N–H and O–H groups in total. The zero-order valence-electron chi connectivity index (χ0n) is 12.5. The third kappa shape index (κ3) is 4.97. The number of rotatable bonds is 4. The van der Waals surface area contributed by atoms with Crippen molar-refractivity contribution < 1.29 is 5.11 Å². The van der Waals surface area contributed by atoms with Gasteiger partial charge in [0.05, 0.1) is 6.61 Å². The van der Waals surface area contributed by atoms with Gasteiger partial charge in [-0.2, -0.15) is 0 Å². The predicted octanol–water partition coefficient (Wildman–Crippen LogP) is 4.33. The highest BCUT2D eigenvalue weighted by Gasteiger charge is 1.99. The van der Waals surface area contributed by atoms with E-state index in [9.17, 15) is 0 Å². The average molecular weight is 296 g/mol. The van der Waals surface area contributed by atoms with E-state index >= 15 is 0 Å². The van der Waals surface area contributed by atoms with Crippen molar-refractivity contribution in [1.82, 2.24) is 0 Å². The molecular formula is C19H20OS. The third-order valence-electron chi connectivity index (χ3n) is 3.31. The van der Waals surface area contributed by atoms with Crippen LogP contribution in [0.5, 0.6) is 0 Å². The van der Waals surface area contributed by atoms with Gasteiger partial charge in [0.1, 0.15) is 0 Å². The monoisotopic (exact) mass is 296 g/mol. The van der Waals surface area contributed by atoms with E-state index in [1.807, 2.05) is 23.9 Å². The summed E-state index contributed by atoms with van der Waals surface area (Å²) in [6.45, 7) is 4.41. The van der Waals surface area contributed by atoms with Crippen molar-refractivity contribution in [3.8, 4) is 11.8 Å². The van der Waals surface area contributed by atoms with Gasteiger partial charge in [-0.3, -0.25) is 0 Å². The second kappa shape index (κ2) is 7.93. The van der Waals surface area contributed by atoms with Gasteiger partial charge in [0.2, 0.25) is 0 Å². The van der Waals surface area contributed by atoms with Crippen molar-refractivity contribution in [2.45, 2.75) is 30.9 Å². The summed E-state index contributed by atoms with van der Waals surface area (Å²) in [5.41, 5.74) is 4.98. The molecule has 0 saturated carbocycles. The van der Waals surface area contributed by atoms with Crippen molar-refractivity contribution in [3.05, 3.63) is 64.7 Å². The van der Waals surface area contributed by atoms with Gasteiger partial charge < -0.3 is 5.11 Å². The van der Waals surface area contributed by atoms with E-state index in [-0.39, 0.29) is 6.61 Å². The molecule has 1 nitrogen and oxygen atoms in total. The topological polar surface area (TPSA) is 20.2 Å². The first-order chi connectivity index (χ1) is 10.2. The molecule has 0 aliphatic carbocycles. The zero-order chi connectivity index (χ0) is 15.1. The fourth-order valence-corrected chi connectivity index (χ4v) is 2.83. The number of hydrogen-bond acceptors (Lipinski definition) is 2. The second-order valence-electron chi connectivity index (χ2n) is 5.01. The van der Waals surface area contributed by atoms with E-state index < -0.39 is 0 Å². The minimum absolute atomic E-state index is 0.123. The van der Waals surface area contributed by atoms with E-state index in [0.29, 0.717) is 6.42 Å². The lowest BCUT2D eigenvalue weighted by Crippen LogP contribution is -1.84. The Hall–Kier alpha value is -1.69. The maximum atomic E-state index is 8.70. The van der Waals surface area contributed by atoms with Crippen LogP contribution in [0.25, 0.3) is 0 Å². The summed E-state index contributed by atoms with van der Waals surface area (Å²) in [5.74, 6) is 6.94. The van der Waals surface area contributed by atoms with E-state index in [4.69, 9.17) is 5.11 Å². The maximum absolute atomic E-state index is 8.70. The molecule has 0 aliphatic heterocycles. The fraction of sp³-hybridized carbons (Fsp3) is 0.263. The quantitative estimate of drug-likeness (QED) is 0.669. The molecule has 0 atom stereocenters. The van der Waals surface area contributed by atoms with Crippen molar-refractivity contribution >= 4 is 11.8 Å². The lowest BCUT2D eigenvalue weighted by Gasteiger charge is -2.05. The van der Waals surface area contributed by atoms with Crippen LogP contribution in [-0.2, 0) is 5.75 Å². The summed E-state index contributed by atoms with van der Waals surface area (Å²) in [7, 11) is 0. The normalized spacial score (nSPS) is 10.0. The number of aryl methyl sites for hydroxylation is 2. The van der Waals surface area contributed by atoms with Gasteiger partial charge >= 0.3 is 0 Å². The molecule has 0 spiro atoms. The number of hydrogen-bond donors (Lipinski definition) is 1. The highest BCUT2D eigenvalue weighted by atomic mass is 32.2. The van der Waals surface area contributed by atoms with Crippen LogP contribution in [0.15, 0.2) is 47.4 Å². The summed E-state index contributed by atoms with van der Waals surface area (Å²) < 4.78 is 0. The maximum Gasteiger partial charge on any atom is 0.0540 e. The molecule has 0 radical (unpaired) electrons. The Labute approximate surface area is 131 Å². The third-order valence-corrected chi connectivity index (χ3v) is 4.37. The molecule has 0 aromatic heterocycles. The summed E-state index contributed by atoms with van der Waals surface area (Å²) in [4.78, 5) is 1.31. The molecule has 21 heavy (non-hydrogen) atoms. The smallest absolute Gasteiger partial charge is 0.0540 e. The molecule has 108 valence electrons. The molecule has 2 aromatic carbocycles. The van der Waals surface area contributed by atoms with Crippen LogP contribution in [0.3, 0.4) is 0 Å². The van der Waals surface area contributed by atoms with Crippen LogP contribution >= 0.6 is 11.8 Å². The number of thioether (sulfide) groups is 1. The average Bonchev–Trinajstić information content (AvgIpc) is 2.50. The molecule has 0 aliphatic rings.